The van der Waals surface area contributed by atoms with Gasteiger partial charge in [0.1, 0.15) is 6.54 Å². The zero-order valence-electron chi connectivity index (χ0n) is 11.6. The first-order valence-electron chi connectivity index (χ1n) is 6.87. The Morgan fingerprint density at radius 3 is 2.62 bits per heavy atom. The molecule has 1 heterocycles. The number of carboxylic acids is 1. The lowest BCUT2D eigenvalue weighted by Gasteiger charge is -2.29. The lowest BCUT2D eigenvalue weighted by Crippen LogP contribution is -2.45. The molecule has 1 saturated heterocycles. The van der Waals surface area contributed by atoms with E-state index in [0.29, 0.717) is 19.5 Å². The number of aliphatic carboxylic acids is 1. The zero-order chi connectivity index (χ0) is 15.2. The SMILES string of the molecule is O=C(O)CN1CCC(C(=O)NCc2ccccc2)CC1=O. The Bertz CT molecular complexity index is 530. The van der Waals surface area contributed by atoms with E-state index in [1.165, 1.54) is 4.90 Å². The van der Waals surface area contributed by atoms with E-state index >= 15 is 0 Å². The molecule has 1 fully saturated rings. The predicted octanol–water partition coefficient (Wildman–Crippen LogP) is 0.626. The second-order valence-electron chi connectivity index (χ2n) is 5.10. The third kappa shape index (κ3) is 4.30. The molecule has 2 amide bonds. The summed E-state index contributed by atoms with van der Waals surface area (Å²) in [5.74, 6) is -1.83. The average Bonchev–Trinajstić information content (AvgIpc) is 2.47. The van der Waals surface area contributed by atoms with Crippen LogP contribution >= 0.6 is 0 Å². The maximum Gasteiger partial charge on any atom is 0.323 e. The number of hydrogen-bond acceptors (Lipinski definition) is 3. The summed E-state index contributed by atoms with van der Waals surface area (Å²) in [6, 6.07) is 9.54. The monoisotopic (exact) mass is 290 g/mol. The molecule has 6 nitrogen and oxygen atoms in total. The molecule has 0 aliphatic carbocycles. The fourth-order valence-corrected chi connectivity index (χ4v) is 2.36. The molecule has 6 heteroatoms. The fourth-order valence-electron chi connectivity index (χ4n) is 2.36. The van der Waals surface area contributed by atoms with Gasteiger partial charge in [-0.15, -0.1) is 0 Å². The topological polar surface area (TPSA) is 86.7 Å². The molecule has 1 aromatic carbocycles. The predicted molar refractivity (Wildman–Crippen MR) is 75.2 cm³/mol. The van der Waals surface area contributed by atoms with Crippen LogP contribution in [0.25, 0.3) is 0 Å². The van der Waals surface area contributed by atoms with Gasteiger partial charge < -0.3 is 15.3 Å². The van der Waals surface area contributed by atoms with Crippen LogP contribution in [0.2, 0.25) is 0 Å². The van der Waals surface area contributed by atoms with Gasteiger partial charge in [0, 0.05) is 25.4 Å². The Hall–Kier alpha value is -2.37. The molecule has 0 saturated carbocycles. The van der Waals surface area contributed by atoms with Crippen LogP contribution in [0.5, 0.6) is 0 Å². The number of carbonyl (C=O) groups excluding carboxylic acids is 2. The molecule has 21 heavy (non-hydrogen) atoms. The van der Waals surface area contributed by atoms with Gasteiger partial charge in [0.25, 0.3) is 0 Å². The van der Waals surface area contributed by atoms with Crippen molar-refractivity contribution in [1.82, 2.24) is 10.2 Å². The first-order valence-corrected chi connectivity index (χ1v) is 6.87. The Labute approximate surface area is 122 Å². The minimum Gasteiger partial charge on any atom is -0.480 e. The first-order chi connectivity index (χ1) is 10.1. The van der Waals surface area contributed by atoms with Crippen LogP contribution < -0.4 is 5.32 Å². The normalized spacial score (nSPS) is 18.4. The van der Waals surface area contributed by atoms with E-state index in [9.17, 15) is 14.4 Å². The van der Waals surface area contributed by atoms with Crippen LogP contribution in [0.1, 0.15) is 18.4 Å². The highest BCUT2D eigenvalue weighted by molar-refractivity contribution is 5.88. The number of benzene rings is 1. The van der Waals surface area contributed by atoms with Gasteiger partial charge in [-0.1, -0.05) is 30.3 Å². The highest BCUT2D eigenvalue weighted by Crippen LogP contribution is 2.18. The highest BCUT2D eigenvalue weighted by atomic mass is 16.4. The van der Waals surface area contributed by atoms with Crippen LogP contribution in [-0.4, -0.2) is 40.9 Å². The van der Waals surface area contributed by atoms with Gasteiger partial charge in [0.15, 0.2) is 0 Å². The van der Waals surface area contributed by atoms with Crippen molar-refractivity contribution < 1.29 is 19.5 Å². The molecule has 1 unspecified atom stereocenters. The van der Waals surface area contributed by atoms with Crippen molar-refractivity contribution in [3.05, 3.63) is 35.9 Å². The van der Waals surface area contributed by atoms with Crippen LogP contribution in [0.15, 0.2) is 30.3 Å². The van der Waals surface area contributed by atoms with Gasteiger partial charge in [-0.25, -0.2) is 0 Å². The largest absolute Gasteiger partial charge is 0.480 e. The minimum atomic E-state index is -1.03. The molecule has 1 aromatic rings. The van der Waals surface area contributed by atoms with E-state index in [0.717, 1.165) is 5.56 Å². The summed E-state index contributed by atoms with van der Waals surface area (Å²) in [5, 5.41) is 11.5. The number of nitrogens with zero attached hydrogens (tertiary/aromatic N) is 1. The molecule has 112 valence electrons. The number of carboxylic acid groups (broad SMARTS) is 1. The van der Waals surface area contributed by atoms with Crippen LogP contribution in [0.3, 0.4) is 0 Å². The highest BCUT2D eigenvalue weighted by Gasteiger charge is 2.31. The van der Waals surface area contributed by atoms with Gasteiger partial charge >= 0.3 is 5.97 Å². The second-order valence-corrected chi connectivity index (χ2v) is 5.10. The summed E-state index contributed by atoms with van der Waals surface area (Å²) in [6.07, 6.45) is 0.577. The van der Waals surface area contributed by atoms with Gasteiger partial charge in [-0.05, 0) is 12.0 Å². The summed E-state index contributed by atoms with van der Waals surface area (Å²) in [6.45, 7) is 0.453. The third-order valence-electron chi connectivity index (χ3n) is 3.53. The van der Waals surface area contributed by atoms with E-state index in [-0.39, 0.29) is 30.7 Å². The molecule has 0 radical (unpaired) electrons. The van der Waals surface area contributed by atoms with E-state index < -0.39 is 5.97 Å². The molecule has 1 aliphatic rings. The van der Waals surface area contributed by atoms with Crippen molar-refractivity contribution in [2.45, 2.75) is 19.4 Å². The quantitative estimate of drug-likeness (QED) is 0.832. The first kappa shape index (κ1) is 15.0. The Kier molecular flexibility index (Phi) is 4.92. The molecule has 1 atom stereocenters. The summed E-state index contributed by atoms with van der Waals surface area (Å²) in [5.41, 5.74) is 1.00. The van der Waals surface area contributed by atoms with Gasteiger partial charge in [0.2, 0.25) is 11.8 Å². The van der Waals surface area contributed by atoms with Gasteiger partial charge in [-0.2, -0.15) is 0 Å². The van der Waals surface area contributed by atoms with Gasteiger partial charge in [-0.3, -0.25) is 14.4 Å². The van der Waals surface area contributed by atoms with Crippen LogP contribution in [0, 0.1) is 5.92 Å². The summed E-state index contributed by atoms with van der Waals surface area (Å²) in [4.78, 5) is 35.7. The number of piperidine rings is 1. The molecular weight excluding hydrogens is 272 g/mol. The number of carbonyl (C=O) groups is 3. The summed E-state index contributed by atoms with van der Waals surface area (Å²) >= 11 is 0. The average molecular weight is 290 g/mol. The van der Waals surface area contributed by atoms with Crippen molar-refractivity contribution in [2.75, 3.05) is 13.1 Å². The van der Waals surface area contributed by atoms with Crippen molar-refractivity contribution in [2.24, 2.45) is 5.92 Å². The third-order valence-corrected chi connectivity index (χ3v) is 3.53. The molecule has 0 aromatic heterocycles. The van der Waals surface area contributed by atoms with E-state index in [4.69, 9.17) is 5.11 Å². The Morgan fingerprint density at radius 1 is 1.29 bits per heavy atom. The molecule has 2 N–H and O–H groups in total. The van der Waals surface area contributed by atoms with Crippen LogP contribution in [-0.2, 0) is 20.9 Å². The summed E-state index contributed by atoms with van der Waals surface area (Å²) in [7, 11) is 0. The fraction of sp³-hybridized carbons (Fsp3) is 0.400. The molecule has 1 aliphatic heterocycles. The zero-order valence-corrected chi connectivity index (χ0v) is 11.6. The van der Waals surface area contributed by atoms with Crippen molar-refractivity contribution in [3.63, 3.8) is 0 Å². The number of nitrogens with one attached hydrogen (secondary N) is 1. The van der Waals surface area contributed by atoms with E-state index in [1.54, 1.807) is 0 Å². The van der Waals surface area contributed by atoms with Gasteiger partial charge in [0.05, 0.1) is 0 Å². The van der Waals surface area contributed by atoms with E-state index in [2.05, 4.69) is 5.32 Å². The lowest BCUT2D eigenvalue weighted by atomic mass is 9.95. The second kappa shape index (κ2) is 6.88. The maximum atomic E-state index is 12.0. The van der Waals surface area contributed by atoms with Crippen molar-refractivity contribution in [1.29, 1.82) is 0 Å². The summed E-state index contributed by atoms with van der Waals surface area (Å²) < 4.78 is 0. The number of amides is 2. The number of likely N-dealkylation sites (tertiary alicyclic amines) is 1. The van der Waals surface area contributed by atoms with E-state index in [1.807, 2.05) is 30.3 Å². The van der Waals surface area contributed by atoms with Crippen molar-refractivity contribution in [3.8, 4) is 0 Å². The number of rotatable bonds is 5. The molecule has 0 bridgehead atoms. The molecule has 2 rings (SSSR count). The molecule has 0 spiro atoms. The van der Waals surface area contributed by atoms with Crippen molar-refractivity contribution >= 4 is 17.8 Å². The lowest BCUT2D eigenvalue weighted by molar-refractivity contribution is -0.147. The maximum absolute atomic E-state index is 12.0. The Balaban J connectivity index is 1.82. The smallest absolute Gasteiger partial charge is 0.323 e. The number of hydrogen-bond donors (Lipinski definition) is 2. The molecular formula is C15H18N2O4. The standard InChI is InChI=1S/C15H18N2O4/c18-13-8-12(6-7-17(13)10-14(19)20)15(21)16-9-11-4-2-1-3-5-11/h1-5,12H,6-10H2,(H,16,21)(H,19,20). The Morgan fingerprint density at radius 2 is 2.00 bits per heavy atom. The van der Waals surface area contributed by atoms with Crippen LogP contribution in [0.4, 0.5) is 0 Å². The minimum absolute atomic E-state index is 0.0773.